The van der Waals surface area contributed by atoms with Crippen molar-refractivity contribution in [3.63, 3.8) is 0 Å². The van der Waals surface area contributed by atoms with E-state index in [0.29, 0.717) is 5.25 Å². The lowest BCUT2D eigenvalue weighted by atomic mass is 10.1. The topological polar surface area (TPSA) is 51.4 Å². The van der Waals surface area contributed by atoms with Gasteiger partial charge in [-0.2, -0.15) is 4.98 Å². The van der Waals surface area contributed by atoms with Gasteiger partial charge in [0.2, 0.25) is 0 Å². The van der Waals surface area contributed by atoms with Gasteiger partial charge in [-0.25, -0.2) is 0 Å². The molecule has 0 aromatic carbocycles. The molecule has 20 heavy (non-hydrogen) atoms. The zero-order chi connectivity index (χ0) is 13.7. The van der Waals surface area contributed by atoms with Crippen molar-refractivity contribution < 1.29 is 4.90 Å². The van der Waals surface area contributed by atoms with E-state index in [1.54, 1.807) is 11.8 Å². The van der Waals surface area contributed by atoms with Crippen LogP contribution in [-0.2, 0) is 13.1 Å². The Hall–Kier alpha value is -1.01. The number of hydrogen-bond donors (Lipinski definition) is 2. The van der Waals surface area contributed by atoms with Crippen molar-refractivity contribution in [1.82, 2.24) is 9.55 Å². The highest BCUT2D eigenvalue weighted by molar-refractivity contribution is 7.99. The van der Waals surface area contributed by atoms with Crippen molar-refractivity contribution in [2.45, 2.75) is 62.1 Å². The fraction of sp³-hybridized carbons (Fsp3) is 0.714. The molecule has 1 aliphatic carbocycles. The number of quaternary nitrogens is 1. The summed E-state index contributed by atoms with van der Waals surface area (Å²) in [5.41, 5.74) is 0.882. The van der Waals surface area contributed by atoms with Crippen LogP contribution in [0.15, 0.2) is 9.95 Å². The van der Waals surface area contributed by atoms with E-state index in [2.05, 4.69) is 21.8 Å². The van der Waals surface area contributed by atoms with Crippen LogP contribution in [0.1, 0.15) is 38.2 Å². The van der Waals surface area contributed by atoms with E-state index < -0.39 is 0 Å². The second-order valence-electron chi connectivity index (χ2n) is 6.24. The zero-order valence-corrected chi connectivity index (χ0v) is 12.6. The minimum atomic E-state index is -0.0180. The van der Waals surface area contributed by atoms with Gasteiger partial charge in [0.05, 0.1) is 6.04 Å². The van der Waals surface area contributed by atoms with Crippen molar-refractivity contribution in [2.24, 2.45) is 0 Å². The lowest BCUT2D eigenvalue weighted by Gasteiger charge is -2.31. The van der Waals surface area contributed by atoms with Crippen LogP contribution in [0.4, 0.5) is 5.82 Å². The first kappa shape index (κ1) is 12.7. The average Bonchev–Trinajstić information content (AvgIpc) is 3.07. The summed E-state index contributed by atoms with van der Waals surface area (Å²) in [6.07, 6.45) is 5.30. The average molecular weight is 293 g/mol. The third kappa shape index (κ3) is 1.97. The Morgan fingerprint density at radius 1 is 1.40 bits per heavy atom. The van der Waals surface area contributed by atoms with E-state index in [-0.39, 0.29) is 5.56 Å². The van der Waals surface area contributed by atoms with Crippen LogP contribution in [-0.4, -0.2) is 27.5 Å². The summed E-state index contributed by atoms with van der Waals surface area (Å²) < 4.78 is 2.21. The number of anilines is 1. The number of hydrogen-bond acceptors (Lipinski definition) is 4. The number of rotatable bonds is 1. The molecule has 6 heteroatoms. The van der Waals surface area contributed by atoms with E-state index >= 15 is 0 Å². The molecule has 3 aliphatic rings. The lowest BCUT2D eigenvalue weighted by Crippen LogP contribution is -3.16. The van der Waals surface area contributed by atoms with Crippen molar-refractivity contribution >= 4 is 17.6 Å². The Morgan fingerprint density at radius 3 is 3.00 bits per heavy atom. The van der Waals surface area contributed by atoms with Crippen LogP contribution in [0.25, 0.3) is 0 Å². The summed E-state index contributed by atoms with van der Waals surface area (Å²) in [4.78, 5) is 18.1. The van der Waals surface area contributed by atoms with Gasteiger partial charge in [-0.15, -0.1) is 0 Å². The summed E-state index contributed by atoms with van der Waals surface area (Å²) in [6.45, 7) is 4.94. The predicted octanol–water partition coefficient (Wildman–Crippen LogP) is 0.448. The number of thioether (sulfide) groups is 1. The Morgan fingerprint density at radius 2 is 2.20 bits per heavy atom. The molecule has 0 amide bonds. The maximum absolute atomic E-state index is 12.3. The molecular weight excluding hydrogens is 272 g/mol. The monoisotopic (exact) mass is 293 g/mol. The standard InChI is InChI=1S/C14H20N4OS/c1-9-6-18-12-11(13(19)16-14(18)20-9)7-17(8-15-12)10-4-2-3-5-10/h9-10,15H,2-8H2,1H3/p+1/t9-/m0/s1. The third-order valence-electron chi connectivity index (χ3n) is 4.81. The molecule has 0 radical (unpaired) electrons. The molecule has 1 saturated carbocycles. The van der Waals surface area contributed by atoms with Crippen LogP contribution >= 0.6 is 11.8 Å². The van der Waals surface area contributed by atoms with Gasteiger partial charge in [-0.1, -0.05) is 18.7 Å². The third-order valence-corrected chi connectivity index (χ3v) is 5.88. The van der Waals surface area contributed by atoms with Gasteiger partial charge in [0.25, 0.3) is 5.56 Å². The molecule has 5 nitrogen and oxygen atoms in total. The van der Waals surface area contributed by atoms with Crippen LogP contribution in [0, 0.1) is 0 Å². The first-order valence-electron chi connectivity index (χ1n) is 7.61. The highest BCUT2D eigenvalue weighted by Gasteiger charge is 2.34. The predicted molar refractivity (Wildman–Crippen MR) is 79.2 cm³/mol. The largest absolute Gasteiger partial charge is 0.324 e. The van der Waals surface area contributed by atoms with E-state index in [0.717, 1.165) is 42.3 Å². The molecule has 108 valence electrons. The number of fused-ring (bicyclic) bond motifs is 3. The van der Waals surface area contributed by atoms with Gasteiger partial charge >= 0.3 is 0 Å². The van der Waals surface area contributed by atoms with Crippen molar-refractivity contribution in [2.75, 3.05) is 12.0 Å². The van der Waals surface area contributed by atoms with Gasteiger partial charge in [-0.05, 0) is 25.7 Å². The second-order valence-corrected chi connectivity index (χ2v) is 7.64. The van der Waals surface area contributed by atoms with Gasteiger partial charge < -0.3 is 14.8 Å². The molecule has 2 aliphatic heterocycles. The summed E-state index contributed by atoms with van der Waals surface area (Å²) in [7, 11) is 0. The Balaban J connectivity index is 1.69. The van der Waals surface area contributed by atoms with E-state index in [1.807, 2.05) is 0 Å². The van der Waals surface area contributed by atoms with Gasteiger partial charge in [0.15, 0.2) is 11.8 Å². The van der Waals surface area contributed by atoms with Crippen LogP contribution in [0.5, 0.6) is 0 Å². The molecule has 0 spiro atoms. The quantitative estimate of drug-likeness (QED) is 0.738. The van der Waals surface area contributed by atoms with Crippen molar-refractivity contribution in [1.29, 1.82) is 0 Å². The molecule has 2 atom stereocenters. The maximum atomic E-state index is 12.3. The van der Waals surface area contributed by atoms with Gasteiger partial charge in [0, 0.05) is 11.8 Å². The molecule has 3 heterocycles. The Kier molecular flexibility index (Phi) is 3.03. The molecule has 1 aromatic rings. The second kappa shape index (κ2) is 4.77. The molecule has 4 rings (SSSR count). The molecule has 0 bridgehead atoms. The minimum Gasteiger partial charge on any atom is -0.324 e. The van der Waals surface area contributed by atoms with Gasteiger partial charge in [-0.3, -0.25) is 4.79 Å². The molecular formula is C14H21N4OS+. The summed E-state index contributed by atoms with van der Waals surface area (Å²) >= 11 is 1.71. The zero-order valence-electron chi connectivity index (χ0n) is 11.8. The highest BCUT2D eigenvalue weighted by atomic mass is 32.2. The highest BCUT2D eigenvalue weighted by Crippen LogP contribution is 2.33. The van der Waals surface area contributed by atoms with Crippen molar-refractivity contribution in [3.8, 4) is 0 Å². The van der Waals surface area contributed by atoms with Crippen molar-refractivity contribution in [3.05, 3.63) is 15.9 Å². The molecule has 0 saturated heterocycles. The summed E-state index contributed by atoms with van der Waals surface area (Å²) in [5, 5.41) is 4.92. The first-order chi connectivity index (χ1) is 9.72. The Labute approximate surface area is 122 Å². The van der Waals surface area contributed by atoms with Crippen LogP contribution < -0.4 is 15.8 Å². The fourth-order valence-corrected chi connectivity index (χ4v) is 4.79. The maximum Gasteiger partial charge on any atom is 0.284 e. The van der Waals surface area contributed by atoms with E-state index in [1.165, 1.54) is 30.6 Å². The molecule has 1 unspecified atom stereocenters. The normalized spacial score (nSPS) is 29.1. The number of aromatic nitrogens is 2. The molecule has 1 aromatic heterocycles. The van der Waals surface area contributed by atoms with Crippen LogP contribution in [0.3, 0.4) is 0 Å². The molecule has 1 fully saturated rings. The number of nitrogens with zero attached hydrogens (tertiary/aromatic N) is 2. The van der Waals surface area contributed by atoms with Gasteiger partial charge in [0.1, 0.15) is 17.9 Å². The van der Waals surface area contributed by atoms with E-state index in [4.69, 9.17) is 0 Å². The SMILES string of the molecule is C[C@H]1Cn2c(nc(=O)c3c2NC[NH+](C2CCCC2)C3)S1. The Bertz CT molecular complexity index is 594. The first-order valence-corrected chi connectivity index (χ1v) is 8.49. The van der Waals surface area contributed by atoms with Crippen LogP contribution in [0.2, 0.25) is 0 Å². The number of nitrogens with one attached hydrogen (secondary N) is 2. The summed E-state index contributed by atoms with van der Waals surface area (Å²) in [6, 6.07) is 0.724. The summed E-state index contributed by atoms with van der Waals surface area (Å²) in [5.74, 6) is 1.04. The minimum absolute atomic E-state index is 0.0180. The van der Waals surface area contributed by atoms with E-state index in [9.17, 15) is 4.79 Å². The lowest BCUT2D eigenvalue weighted by molar-refractivity contribution is -0.936. The fourth-order valence-electron chi connectivity index (χ4n) is 3.78. The smallest absolute Gasteiger partial charge is 0.284 e. The molecule has 2 N–H and O–H groups in total.